The average Bonchev–Trinajstić information content (AvgIpc) is 2.58. The number of hydrogen-bond donors (Lipinski definition) is 0. The summed E-state index contributed by atoms with van der Waals surface area (Å²) in [5, 5.41) is 0. The molecule has 0 N–H and O–H groups in total. The quantitative estimate of drug-likeness (QED) is 0.539. The minimum absolute atomic E-state index is 0.0726. The van der Waals surface area contributed by atoms with Crippen molar-refractivity contribution in [3.05, 3.63) is 71.5 Å². The summed E-state index contributed by atoms with van der Waals surface area (Å²) < 4.78 is 12.8. The molecule has 0 atom stereocenters. The molecule has 1 saturated heterocycles. The molecular weight excluding hydrogens is 369 g/mol. The van der Waals surface area contributed by atoms with E-state index in [2.05, 4.69) is 45.1 Å². The zero-order chi connectivity index (χ0) is 17.0. The Balaban J connectivity index is 1.54. The second-order valence-corrected chi connectivity index (χ2v) is 8.20. The molecule has 0 aromatic heterocycles. The first kappa shape index (κ1) is 17.3. The van der Waals surface area contributed by atoms with Gasteiger partial charge < -0.3 is 0 Å². The predicted octanol–water partition coefficient (Wildman–Crippen LogP) is 4.83. The monoisotopic (exact) mass is 389 g/mol. The molecule has 1 aliphatic rings. The minimum atomic E-state index is -0.311. The lowest BCUT2D eigenvalue weighted by atomic mass is 9.89. The van der Waals surface area contributed by atoms with Gasteiger partial charge >= 0.3 is 0 Å². The van der Waals surface area contributed by atoms with Gasteiger partial charge in [-0.1, -0.05) is 46.3 Å². The Morgan fingerprint density at radius 3 is 2.29 bits per heavy atom. The van der Waals surface area contributed by atoms with Crippen molar-refractivity contribution in [2.75, 3.05) is 13.1 Å². The molecule has 2 aromatic rings. The van der Waals surface area contributed by atoms with Crippen molar-refractivity contribution in [3.63, 3.8) is 0 Å². The lowest BCUT2D eigenvalue weighted by molar-refractivity contribution is 0.0946. The summed E-state index contributed by atoms with van der Waals surface area (Å²) in [5.41, 5.74) is 1.91. The number of carbonyl (C=O) groups is 1. The van der Waals surface area contributed by atoms with Crippen molar-refractivity contribution in [1.82, 2.24) is 4.90 Å². The highest BCUT2D eigenvalue weighted by Crippen LogP contribution is 2.36. The van der Waals surface area contributed by atoms with Crippen LogP contribution in [-0.4, -0.2) is 28.1 Å². The zero-order valence-corrected chi connectivity index (χ0v) is 15.1. The van der Waals surface area contributed by atoms with Crippen molar-refractivity contribution in [2.24, 2.45) is 0 Å². The Morgan fingerprint density at radius 1 is 1.04 bits per heavy atom. The Hall–Kier alpha value is -1.52. The second-order valence-electron chi connectivity index (χ2n) is 6.52. The third kappa shape index (κ3) is 4.52. The summed E-state index contributed by atoms with van der Waals surface area (Å²) in [5.74, 6) is -0.238. The van der Waals surface area contributed by atoms with Gasteiger partial charge in [-0.3, -0.25) is 9.69 Å². The Labute approximate surface area is 150 Å². The third-order valence-electron chi connectivity index (χ3n) is 4.64. The van der Waals surface area contributed by atoms with Crippen LogP contribution in [0, 0.1) is 5.82 Å². The highest BCUT2D eigenvalue weighted by atomic mass is 79.9. The summed E-state index contributed by atoms with van der Waals surface area (Å²) in [6.07, 6.45) is 2.33. The number of rotatable bonds is 5. The predicted molar refractivity (Wildman–Crippen MR) is 98.0 cm³/mol. The van der Waals surface area contributed by atoms with E-state index >= 15 is 0 Å². The molecule has 24 heavy (non-hydrogen) atoms. The summed E-state index contributed by atoms with van der Waals surface area (Å²) >= 11 is 3.80. The fourth-order valence-electron chi connectivity index (χ4n) is 3.16. The smallest absolute Gasteiger partial charge is 0.164 e. The number of Topliss-reactive ketones (excluding diaryl/α,β-unsaturated/α-hetero) is 1. The van der Waals surface area contributed by atoms with Crippen LogP contribution in [0.25, 0.3) is 0 Å². The maximum absolute atomic E-state index is 13.0. The first-order valence-corrected chi connectivity index (χ1v) is 9.07. The number of likely N-dealkylation sites (tertiary alicyclic amines) is 1. The van der Waals surface area contributed by atoms with Gasteiger partial charge in [-0.25, -0.2) is 4.39 Å². The average molecular weight is 390 g/mol. The van der Waals surface area contributed by atoms with Gasteiger partial charge in [-0.2, -0.15) is 0 Å². The van der Waals surface area contributed by atoms with Gasteiger partial charge in [0.05, 0.1) is 0 Å². The molecule has 0 aliphatic carbocycles. The number of hydrogen-bond acceptors (Lipinski definition) is 2. The normalized spacial score (nSPS) is 17.6. The molecule has 0 bridgehead atoms. The van der Waals surface area contributed by atoms with E-state index in [1.165, 1.54) is 17.7 Å². The molecule has 1 heterocycles. The summed E-state index contributed by atoms with van der Waals surface area (Å²) in [6, 6.07) is 16.3. The van der Waals surface area contributed by atoms with E-state index in [1.807, 2.05) is 6.07 Å². The van der Waals surface area contributed by atoms with Crippen LogP contribution >= 0.6 is 15.9 Å². The molecule has 3 rings (SSSR count). The van der Waals surface area contributed by atoms with Crippen molar-refractivity contribution in [1.29, 1.82) is 0 Å². The number of benzene rings is 2. The van der Waals surface area contributed by atoms with E-state index in [1.54, 1.807) is 12.1 Å². The fraction of sp³-hybridized carbons (Fsp3) is 0.350. The van der Waals surface area contributed by atoms with Crippen LogP contribution in [0.15, 0.2) is 54.6 Å². The zero-order valence-electron chi connectivity index (χ0n) is 13.6. The largest absolute Gasteiger partial charge is 0.299 e. The van der Waals surface area contributed by atoms with Gasteiger partial charge in [0.15, 0.2) is 5.78 Å². The molecule has 126 valence electrons. The number of carbonyl (C=O) groups excluding carboxylic acids is 1. The van der Waals surface area contributed by atoms with Gasteiger partial charge in [-0.15, -0.1) is 0 Å². The maximum Gasteiger partial charge on any atom is 0.164 e. The lowest BCUT2D eigenvalue weighted by Crippen LogP contribution is -2.41. The van der Waals surface area contributed by atoms with Crippen LogP contribution in [0.2, 0.25) is 0 Å². The number of alkyl halides is 1. The molecule has 0 amide bonds. The number of halogens is 2. The van der Waals surface area contributed by atoms with E-state index in [4.69, 9.17) is 0 Å². The molecule has 1 fully saturated rings. The van der Waals surface area contributed by atoms with E-state index in [0.29, 0.717) is 12.0 Å². The van der Waals surface area contributed by atoms with Crippen LogP contribution in [0.5, 0.6) is 0 Å². The third-order valence-corrected chi connectivity index (χ3v) is 5.72. The minimum Gasteiger partial charge on any atom is -0.299 e. The van der Waals surface area contributed by atoms with Crippen LogP contribution in [0.1, 0.15) is 35.2 Å². The lowest BCUT2D eigenvalue weighted by Gasteiger charge is -2.37. The molecule has 0 radical (unpaired) electrons. The molecule has 0 unspecified atom stereocenters. The highest BCUT2D eigenvalue weighted by molar-refractivity contribution is 9.10. The molecular formula is C20H21BrFNO. The summed E-state index contributed by atoms with van der Waals surface area (Å²) in [4.78, 5) is 14.9. The highest BCUT2D eigenvalue weighted by Gasteiger charge is 2.34. The first-order valence-electron chi connectivity index (χ1n) is 8.28. The van der Waals surface area contributed by atoms with Crippen LogP contribution < -0.4 is 0 Å². The SMILES string of the molecule is O=C(CC1(Br)CCN(Cc2ccccc2)CC1)c1ccc(F)cc1. The van der Waals surface area contributed by atoms with Crippen LogP contribution in [0.4, 0.5) is 4.39 Å². The topological polar surface area (TPSA) is 20.3 Å². The number of ketones is 1. The van der Waals surface area contributed by atoms with Crippen molar-refractivity contribution in [3.8, 4) is 0 Å². The fourth-order valence-corrected chi connectivity index (χ4v) is 3.77. The summed E-state index contributed by atoms with van der Waals surface area (Å²) in [7, 11) is 0. The Kier molecular flexibility index (Phi) is 5.47. The van der Waals surface area contributed by atoms with E-state index in [0.717, 1.165) is 32.5 Å². The second kappa shape index (κ2) is 7.58. The number of piperidine rings is 1. The van der Waals surface area contributed by atoms with E-state index in [-0.39, 0.29) is 15.9 Å². The van der Waals surface area contributed by atoms with Gasteiger partial charge in [-0.05, 0) is 55.8 Å². The van der Waals surface area contributed by atoms with Crippen LogP contribution in [-0.2, 0) is 6.54 Å². The molecule has 2 nitrogen and oxygen atoms in total. The summed E-state index contributed by atoms with van der Waals surface area (Å²) in [6.45, 7) is 2.89. The molecule has 2 aromatic carbocycles. The van der Waals surface area contributed by atoms with Gasteiger partial charge in [0.1, 0.15) is 5.82 Å². The molecule has 0 spiro atoms. The molecule has 4 heteroatoms. The molecule has 1 aliphatic heterocycles. The molecule has 0 saturated carbocycles. The van der Waals surface area contributed by atoms with Gasteiger partial charge in [0.2, 0.25) is 0 Å². The van der Waals surface area contributed by atoms with E-state index < -0.39 is 0 Å². The number of nitrogens with zero attached hydrogens (tertiary/aromatic N) is 1. The van der Waals surface area contributed by atoms with Gasteiger partial charge in [0.25, 0.3) is 0 Å². The Morgan fingerprint density at radius 2 is 1.67 bits per heavy atom. The van der Waals surface area contributed by atoms with Crippen molar-refractivity contribution in [2.45, 2.75) is 30.1 Å². The van der Waals surface area contributed by atoms with Crippen molar-refractivity contribution >= 4 is 21.7 Å². The van der Waals surface area contributed by atoms with Crippen LogP contribution in [0.3, 0.4) is 0 Å². The van der Waals surface area contributed by atoms with Gasteiger partial charge in [0, 0.05) is 22.9 Å². The van der Waals surface area contributed by atoms with Crippen molar-refractivity contribution < 1.29 is 9.18 Å². The Bertz CT molecular complexity index is 679. The first-order chi connectivity index (χ1) is 11.5. The maximum atomic E-state index is 13.0. The standard InChI is InChI=1S/C20H21BrFNO/c21-20(14-19(24)17-6-8-18(22)9-7-17)10-12-23(13-11-20)15-16-4-2-1-3-5-16/h1-9H,10-15H2. The van der Waals surface area contributed by atoms with E-state index in [9.17, 15) is 9.18 Å².